The summed E-state index contributed by atoms with van der Waals surface area (Å²) in [6.45, 7) is 2.24. The van der Waals surface area contributed by atoms with Gasteiger partial charge in [0.05, 0.1) is 16.4 Å². The van der Waals surface area contributed by atoms with Crippen LogP contribution in [0.5, 0.6) is 0 Å². The summed E-state index contributed by atoms with van der Waals surface area (Å²) < 4.78 is 22.7. The van der Waals surface area contributed by atoms with Crippen LogP contribution in [-0.4, -0.2) is 31.4 Å². The van der Waals surface area contributed by atoms with Gasteiger partial charge in [-0.15, -0.1) is 0 Å². The second-order valence-corrected chi connectivity index (χ2v) is 7.10. The van der Waals surface area contributed by atoms with E-state index in [0.717, 1.165) is 5.56 Å². The molecule has 1 aromatic carbocycles. The van der Waals surface area contributed by atoms with Crippen LogP contribution in [-0.2, 0) is 9.84 Å². The van der Waals surface area contributed by atoms with Gasteiger partial charge in [-0.1, -0.05) is 12.1 Å². The lowest BCUT2D eigenvalue weighted by Crippen LogP contribution is -2.16. The first-order chi connectivity index (χ1) is 8.89. The number of nitrogens with one attached hydrogen (secondary N) is 1. The fourth-order valence-corrected chi connectivity index (χ4v) is 4.18. The summed E-state index contributed by atoms with van der Waals surface area (Å²) in [7, 11) is -2.91. The highest BCUT2D eigenvalue weighted by molar-refractivity contribution is 7.91. The Hall–Kier alpha value is -1.63. The van der Waals surface area contributed by atoms with Gasteiger partial charge in [-0.2, -0.15) is 0 Å². The van der Waals surface area contributed by atoms with E-state index in [1.807, 2.05) is 0 Å². The molecule has 6 nitrogen and oxygen atoms in total. The Morgan fingerprint density at radius 1 is 1.47 bits per heavy atom. The molecule has 19 heavy (non-hydrogen) atoms. The number of para-hydroxylation sites is 1. The van der Waals surface area contributed by atoms with Gasteiger partial charge in [-0.3, -0.25) is 10.1 Å². The van der Waals surface area contributed by atoms with Gasteiger partial charge in [0.15, 0.2) is 9.84 Å². The zero-order valence-corrected chi connectivity index (χ0v) is 11.4. The molecule has 0 radical (unpaired) electrons. The number of rotatable bonds is 4. The van der Waals surface area contributed by atoms with Crippen molar-refractivity contribution in [2.24, 2.45) is 5.92 Å². The number of anilines is 1. The fraction of sp³-hybridized carbons (Fsp3) is 0.500. The molecule has 0 aliphatic carbocycles. The molecule has 7 heteroatoms. The molecule has 1 atom stereocenters. The number of sulfone groups is 1. The Kier molecular flexibility index (Phi) is 3.75. The van der Waals surface area contributed by atoms with Gasteiger partial charge in [0.1, 0.15) is 5.69 Å². The Morgan fingerprint density at radius 2 is 2.21 bits per heavy atom. The molecular formula is C12H16N2O4S. The maximum Gasteiger partial charge on any atom is 0.292 e. The molecule has 1 unspecified atom stereocenters. The topological polar surface area (TPSA) is 89.3 Å². The molecule has 0 bridgehead atoms. The second-order valence-electron chi connectivity index (χ2n) is 4.88. The maximum absolute atomic E-state index is 11.4. The number of nitrogens with zero attached hydrogens (tertiary/aromatic N) is 1. The molecular weight excluding hydrogens is 268 g/mol. The van der Waals surface area contributed by atoms with Crippen LogP contribution in [0.1, 0.15) is 12.0 Å². The van der Waals surface area contributed by atoms with Crippen LogP contribution in [0, 0.1) is 23.0 Å². The van der Waals surface area contributed by atoms with E-state index in [1.165, 1.54) is 6.07 Å². The van der Waals surface area contributed by atoms with Crippen LogP contribution < -0.4 is 5.32 Å². The summed E-state index contributed by atoms with van der Waals surface area (Å²) in [6.07, 6.45) is 0.620. The molecule has 104 valence electrons. The van der Waals surface area contributed by atoms with Crippen molar-refractivity contribution in [1.29, 1.82) is 0 Å². The zero-order chi connectivity index (χ0) is 14.0. The number of hydrogen-bond acceptors (Lipinski definition) is 5. The standard InChI is InChI=1S/C12H16N2O4S/c1-9-3-2-4-11(14(15)16)12(9)13-7-10-5-6-19(17,18)8-10/h2-4,10,13H,5-8H2,1H3. The number of hydrogen-bond donors (Lipinski definition) is 1. The van der Waals surface area contributed by atoms with Crippen molar-refractivity contribution in [3.05, 3.63) is 33.9 Å². The van der Waals surface area contributed by atoms with Crippen molar-refractivity contribution in [1.82, 2.24) is 0 Å². The first-order valence-electron chi connectivity index (χ1n) is 6.07. The normalized spacial score (nSPS) is 21.2. The van der Waals surface area contributed by atoms with E-state index in [-0.39, 0.29) is 23.1 Å². The number of nitro groups is 1. The van der Waals surface area contributed by atoms with Crippen LogP contribution in [0.4, 0.5) is 11.4 Å². The van der Waals surface area contributed by atoms with Gasteiger partial charge in [0.2, 0.25) is 0 Å². The molecule has 1 fully saturated rings. The Balaban J connectivity index is 2.10. The largest absolute Gasteiger partial charge is 0.379 e. The molecule has 1 saturated heterocycles. The number of aryl methyl sites for hydroxylation is 1. The van der Waals surface area contributed by atoms with Crippen molar-refractivity contribution in [2.45, 2.75) is 13.3 Å². The van der Waals surface area contributed by atoms with Gasteiger partial charge >= 0.3 is 0 Å². The minimum atomic E-state index is -2.91. The summed E-state index contributed by atoms with van der Waals surface area (Å²) >= 11 is 0. The molecule has 1 aromatic rings. The van der Waals surface area contributed by atoms with E-state index in [4.69, 9.17) is 0 Å². The van der Waals surface area contributed by atoms with Gasteiger partial charge in [-0.25, -0.2) is 8.42 Å². The number of nitro benzene ring substituents is 1. The van der Waals surface area contributed by atoms with Crippen LogP contribution in [0.25, 0.3) is 0 Å². The first-order valence-corrected chi connectivity index (χ1v) is 7.89. The van der Waals surface area contributed by atoms with E-state index < -0.39 is 14.8 Å². The highest BCUT2D eigenvalue weighted by Gasteiger charge is 2.28. The molecule has 1 aliphatic rings. The number of benzene rings is 1. The van der Waals surface area contributed by atoms with E-state index in [9.17, 15) is 18.5 Å². The molecule has 0 aromatic heterocycles. The van der Waals surface area contributed by atoms with Crippen molar-refractivity contribution in [3.8, 4) is 0 Å². The van der Waals surface area contributed by atoms with Crippen molar-refractivity contribution >= 4 is 21.2 Å². The zero-order valence-electron chi connectivity index (χ0n) is 10.6. The van der Waals surface area contributed by atoms with E-state index in [2.05, 4.69) is 5.32 Å². The molecule has 0 saturated carbocycles. The van der Waals surface area contributed by atoms with Gasteiger partial charge in [0, 0.05) is 12.6 Å². The highest BCUT2D eigenvalue weighted by atomic mass is 32.2. The average molecular weight is 284 g/mol. The van der Waals surface area contributed by atoms with Crippen LogP contribution in [0.3, 0.4) is 0 Å². The highest BCUT2D eigenvalue weighted by Crippen LogP contribution is 2.28. The predicted octanol–water partition coefficient (Wildman–Crippen LogP) is 1.75. The Morgan fingerprint density at radius 3 is 2.79 bits per heavy atom. The second kappa shape index (κ2) is 5.16. The SMILES string of the molecule is Cc1cccc([N+](=O)[O-])c1NCC1CCS(=O)(=O)C1. The van der Waals surface area contributed by atoms with Crippen LogP contribution in [0.2, 0.25) is 0 Å². The summed E-state index contributed by atoms with van der Waals surface area (Å²) in [5.74, 6) is 0.415. The Bertz CT molecular complexity index is 598. The lowest BCUT2D eigenvalue weighted by atomic mass is 10.1. The van der Waals surface area contributed by atoms with Crippen molar-refractivity contribution < 1.29 is 13.3 Å². The monoisotopic (exact) mass is 284 g/mol. The smallest absolute Gasteiger partial charge is 0.292 e. The van der Waals surface area contributed by atoms with Crippen LogP contribution >= 0.6 is 0 Å². The first kappa shape index (κ1) is 13.8. The third kappa shape index (κ3) is 3.23. The summed E-state index contributed by atoms with van der Waals surface area (Å²) in [5, 5.41) is 14.0. The third-order valence-corrected chi connectivity index (χ3v) is 5.18. The van der Waals surface area contributed by atoms with Crippen molar-refractivity contribution in [2.75, 3.05) is 23.4 Å². The van der Waals surface area contributed by atoms with Gasteiger partial charge < -0.3 is 5.32 Å². The lowest BCUT2D eigenvalue weighted by molar-refractivity contribution is -0.384. The molecule has 1 heterocycles. The van der Waals surface area contributed by atoms with Gasteiger partial charge in [0.25, 0.3) is 5.69 Å². The fourth-order valence-electron chi connectivity index (χ4n) is 2.31. The molecule has 1 N–H and O–H groups in total. The summed E-state index contributed by atoms with van der Waals surface area (Å²) in [4.78, 5) is 10.5. The van der Waals surface area contributed by atoms with Crippen molar-refractivity contribution in [3.63, 3.8) is 0 Å². The summed E-state index contributed by atoms with van der Waals surface area (Å²) in [6, 6.07) is 4.88. The lowest BCUT2D eigenvalue weighted by Gasteiger charge is -2.13. The summed E-state index contributed by atoms with van der Waals surface area (Å²) in [5.41, 5.74) is 1.30. The molecule has 0 spiro atoms. The minimum Gasteiger partial charge on any atom is -0.379 e. The van der Waals surface area contributed by atoms with Crippen LogP contribution in [0.15, 0.2) is 18.2 Å². The van der Waals surface area contributed by atoms with Gasteiger partial charge in [-0.05, 0) is 24.8 Å². The van der Waals surface area contributed by atoms with E-state index >= 15 is 0 Å². The van der Waals surface area contributed by atoms with E-state index in [1.54, 1.807) is 19.1 Å². The molecule has 0 amide bonds. The average Bonchev–Trinajstić information content (AvgIpc) is 2.67. The van der Waals surface area contributed by atoms with E-state index in [0.29, 0.717) is 18.7 Å². The maximum atomic E-state index is 11.4. The third-order valence-electron chi connectivity index (χ3n) is 3.34. The quantitative estimate of drug-likeness (QED) is 0.672. The Labute approximate surface area is 111 Å². The minimum absolute atomic E-state index is 0.0286. The molecule has 1 aliphatic heterocycles. The molecule has 2 rings (SSSR count). The predicted molar refractivity (Wildman–Crippen MR) is 73.1 cm³/mol.